The Bertz CT molecular complexity index is 417. The maximum Gasteiger partial charge on any atom is 0.308 e. The Morgan fingerprint density at radius 2 is 1.90 bits per heavy atom. The fourth-order valence-electron chi connectivity index (χ4n) is 4.58. The molecule has 2 bridgehead atoms. The summed E-state index contributed by atoms with van der Waals surface area (Å²) in [5.41, 5.74) is 5.54. The van der Waals surface area contributed by atoms with Gasteiger partial charge in [0.1, 0.15) is 0 Å². The number of nitrogens with zero attached hydrogens (tertiary/aromatic N) is 1. The van der Waals surface area contributed by atoms with Gasteiger partial charge in [-0.15, -0.1) is 0 Å². The molecule has 1 aliphatic carbocycles. The molecule has 3 N–H and O–H groups in total. The molecule has 20 heavy (non-hydrogen) atoms. The summed E-state index contributed by atoms with van der Waals surface area (Å²) >= 11 is 0. The quantitative estimate of drug-likeness (QED) is 0.817. The van der Waals surface area contributed by atoms with Crippen LogP contribution in [0.4, 0.5) is 0 Å². The van der Waals surface area contributed by atoms with Gasteiger partial charge in [0.25, 0.3) is 0 Å². The van der Waals surface area contributed by atoms with Crippen LogP contribution >= 0.6 is 0 Å². The van der Waals surface area contributed by atoms with Crippen LogP contribution in [0.3, 0.4) is 0 Å². The first-order valence-electron chi connectivity index (χ1n) is 7.85. The molecule has 5 heteroatoms. The highest BCUT2D eigenvalue weighted by atomic mass is 16.4. The van der Waals surface area contributed by atoms with E-state index >= 15 is 0 Å². The van der Waals surface area contributed by atoms with Gasteiger partial charge in [-0.1, -0.05) is 19.3 Å². The van der Waals surface area contributed by atoms with E-state index in [1.54, 1.807) is 0 Å². The predicted octanol–water partition coefficient (Wildman–Crippen LogP) is 1.36. The summed E-state index contributed by atoms with van der Waals surface area (Å²) in [5, 5.41) is 9.30. The van der Waals surface area contributed by atoms with Crippen molar-refractivity contribution in [1.29, 1.82) is 0 Å². The number of hydrogen-bond acceptors (Lipinski definition) is 3. The molecular formula is C15H24N2O3. The van der Waals surface area contributed by atoms with Crippen molar-refractivity contribution in [2.45, 2.75) is 63.5 Å². The molecular weight excluding hydrogens is 256 g/mol. The van der Waals surface area contributed by atoms with Crippen molar-refractivity contribution in [3.8, 4) is 0 Å². The summed E-state index contributed by atoms with van der Waals surface area (Å²) in [5.74, 6) is -0.965. The lowest BCUT2D eigenvalue weighted by Crippen LogP contribution is -2.51. The van der Waals surface area contributed by atoms with E-state index in [9.17, 15) is 14.7 Å². The number of fused-ring (bicyclic) bond motifs is 2. The molecule has 0 aromatic heterocycles. The highest BCUT2D eigenvalue weighted by molar-refractivity contribution is 5.86. The minimum atomic E-state index is -0.750. The number of carbonyl (C=O) groups is 2. The first-order chi connectivity index (χ1) is 9.59. The van der Waals surface area contributed by atoms with Gasteiger partial charge in [0, 0.05) is 18.6 Å². The zero-order chi connectivity index (χ0) is 14.3. The number of aliphatic carboxylic acids is 1. The molecule has 0 spiro atoms. The molecule has 3 atom stereocenters. The lowest BCUT2D eigenvalue weighted by molar-refractivity contribution is -0.147. The van der Waals surface area contributed by atoms with E-state index in [1.807, 2.05) is 4.90 Å². The topological polar surface area (TPSA) is 83.6 Å². The van der Waals surface area contributed by atoms with Crippen molar-refractivity contribution in [2.75, 3.05) is 6.54 Å². The van der Waals surface area contributed by atoms with Crippen LogP contribution < -0.4 is 5.73 Å². The molecule has 3 rings (SSSR count). The van der Waals surface area contributed by atoms with E-state index in [0.717, 1.165) is 38.5 Å². The molecule has 3 unspecified atom stereocenters. The summed E-state index contributed by atoms with van der Waals surface area (Å²) in [7, 11) is 0. The number of rotatable bonds is 3. The standard InChI is InChI=1S/C15H24N2O3/c16-9-15(6-2-1-3-7-15)14(20)17-10-4-5-12(17)11(8-10)13(18)19/h10-12H,1-9,16H2,(H,18,19). The highest BCUT2D eigenvalue weighted by Gasteiger charge is 2.55. The van der Waals surface area contributed by atoms with Gasteiger partial charge in [0.15, 0.2) is 0 Å². The van der Waals surface area contributed by atoms with Crippen molar-refractivity contribution in [3.63, 3.8) is 0 Å². The van der Waals surface area contributed by atoms with E-state index in [0.29, 0.717) is 13.0 Å². The van der Waals surface area contributed by atoms with Gasteiger partial charge in [0.2, 0.25) is 5.91 Å². The summed E-state index contributed by atoms with van der Waals surface area (Å²) in [6.07, 6.45) is 7.48. The summed E-state index contributed by atoms with van der Waals surface area (Å²) in [6.45, 7) is 0.402. The van der Waals surface area contributed by atoms with Gasteiger partial charge in [-0.05, 0) is 32.1 Å². The van der Waals surface area contributed by atoms with Crippen molar-refractivity contribution < 1.29 is 14.7 Å². The summed E-state index contributed by atoms with van der Waals surface area (Å²) in [4.78, 5) is 26.3. The monoisotopic (exact) mass is 280 g/mol. The first-order valence-corrected chi connectivity index (χ1v) is 7.85. The van der Waals surface area contributed by atoms with E-state index in [2.05, 4.69) is 0 Å². The van der Waals surface area contributed by atoms with Crippen LogP contribution in [0.1, 0.15) is 51.4 Å². The molecule has 1 amide bonds. The third-order valence-corrected chi connectivity index (χ3v) is 5.74. The maximum atomic E-state index is 13.0. The first kappa shape index (κ1) is 13.9. The van der Waals surface area contributed by atoms with Crippen molar-refractivity contribution >= 4 is 11.9 Å². The Morgan fingerprint density at radius 1 is 1.20 bits per heavy atom. The SMILES string of the molecule is NCC1(C(=O)N2C3CCC2C(C(=O)O)C3)CCCCC1. The molecule has 0 aromatic carbocycles. The van der Waals surface area contributed by atoms with Crippen LogP contribution in [0.15, 0.2) is 0 Å². The van der Waals surface area contributed by atoms with Gasteiger partial charge >= 0.3 is 5.97 Å². The Kier molecular flexibility index (Phi) is 3.48. The molecule has 112 valence electrons. The van der Waals surface area contributed by atoms with Gasteiger partial charge in [0.05, 0.1) is 11.3 Å². The normalized spacial score (nSPS) is 35.2. The number of hydrogen-bond donors (Lipinski definition) is 2. The molecule has 2 heterocycles. The van der Waals surface area contributed by atoms with Gasteiger partial charge in [-0.3, -0.25) is 9.59 Å². The van der Waals surface area contributed by atoms with Gasteiger partial charge in [-0.25, -0.2) is 0 Å². The number of amides is 1. The van der Waals surface area contributed by atoms with E-state index in [-0.39, 0.29) is 23.9 Å². The summed E-state index contributed by atoms with van der Waals surface area (Å²) in [6, 6.07) is 0.0503. The number of carboxylic acid groups (broad SMARTS) is 1. The molecule has 0 aromatic rings. The van der Waals surface area contributed by atoms with Crippen molar-refractivity contribution in [1.82, 2.24) is 4.90 Å². The number of nitrogens with two attached hydrogens (primary N) is 1. The van der Waals surface area contributed by atoms with E-state index < -0.39 is 11.4 Å². The van der Waals surface area contributed by atoms with Crippen LogP contribution in [0, 0.1) is 11.3 Å². The Hall–Kier alpha value is -1.10. The Morgan fingerprint density at radius 3 is 2.45 bits per heavy atom. The molecule has 2 saturated heterocycles. The molecule has 3 fully saturated rings. The molecule has 2 aliphatic heterocycles. The van der Waals surface area contributed by atoms with Crippen LogP contribution in [0.5, 0.6) is 0 Å². The summed E-state index contributed by atoms with van der Waals surface area (Å²) < 4.78 is 0. The second kappa shape index (κ2) is 5.02. The predicted molar refractivity (Wildman–Crippen MR) is 74.0 cm³/mol. The van der Waals surface area contributed by atoms with Gasteiger partial charge < -0.3 is 15.7 Å². The maximum absolute atomic E-state index is 13.0. The fraction of sp³-hybridized carbons (Fsp3) is 0.867. The van der Waals surface area contributed by atoms with E-state index in [1.165, 1.54) is 6.42 Å². The molecule has 3 aliphatic rings. The zero-order valence-electron chi connectivity index (χ0n) is 11.9. The fourth-order valence-corrected chi connectivity index (χ4v) is 4.58. The Balaban J connectivity index is 1.82. The lowest BCUT2D eigenvalue weighted by Gasteiger charge is -2.39. The van der Waals surface area contributed by atoms with Crippen LogP contribution in [0.25, 0.3) is 0 Å². The second-order valence-corrected chi connectivity index (χ2v) is 6.74. The van der Waals surface area contributed by atoms with Crippen LogP contribution in [-0.4, -0.2) is 40.5 Å². The highest BCUT2D eigenvalue weighted by Crippen LogP contribution is 2.46. The Labute approximate surface area is 119 Å². The minimum absolute atomic E-state index is 0.0876. The molecule has 5 nitrogen and oxygen atoms in total. The lowest BCUT2D eigenvalue weighted by atomic mass is 9.73. The zero-order valence-corrected chi connectivity index (χ0v) is 11.9. The van der Waals surface area contributed by atoms with E-state index in [4.69, 9.17) is 5.73 Å². The second-order valence-electron chi connectivity index (χ2n) is 6.74. The smallest absolute Gasteiger partial charge is 0.308 e. The van der Waals surface area contributed by atoms with Crippen molar-refractivity contribution in [3.05, 3.63) is 0 Å². The average Bonchev–Trinajstić information content (AvgIpc) is 3.04. The number of carbonyl (C=O) groups excluding carboxylic acids is 1. The van der Waals surface area contributed by atoms with Crippen LogP contribution in [0.2, 0.25) is 0 Å². The largest absolute Gasteiger partial charge is 0.481 e. The molecule has 1 saturated carbocycles. The third kappa shape index (κ3) is 1.94. The van der Waals surface area contributed by atoms with Crippen molar-refractivity contribution in [2.24, 2.45) is 17.1 Å². The third-order valence-electron chi connectivity index (χ3n) is 5.74. The van der Waals surface area contributed by atoms with Crippen LogP contribution in [-0.2, 0) is 9.59 Å². The minimum Gasteiger partial charge on any atom is -0.481 e. The van der Waals surface area contributed by atoms with Gasteiger partial charge in [-0.2, -0.15) is 0 Å². The number of carboxylic acids is 1. The average molecular weight is 280 g/mol. The molecule has 0 radical (unpaired) electrons.